The third kappa shape index (κ3) is 3.96. The highest BCUT2D eigenvalue weighted by molar-refractivity contribution is 6.03. The Labute approximate surface area is 173 Å². The standard InChI is InChI=1S/C23H21N3O4/c27-21(28)14-26-20-11-4-2-7-16(20)12-13-19(22(26)29)25-23(30)24-18-10-5-8-15-6-1-3-9-17(15)18/h1-6,8-12,19H,7,13-14H2,(H,27,28)(H2,24,25,30). The number of aliphatic carboxylic acids is 1. The molecule has 152 valence electrons. The molecule has 3 amide bonds. The monoisotopic (exact) mass is 403 g/mol. The summed E-state index contributed by atoms with van der Waals surface area (Å²) < 4.78 is 0. The molecule has 0 spiro atoms. The zero-order valence-corrected chi connectivity index (χ0v) is 16.2. The van der Waals surface area contributed by atoms with Crippen molar-refractivity contribution in [3.05, 3.63) is 78.0 Å². The second-order valence-corrected chi connectivity index (χ2v) is 7.15. The van der Waals surface area contributed by atoms with E-state index in [0.717, 1.165) is 16.3 Å². The van der Waals surface area contributed by atoms with Gasteiger partial charge in [0.05, 0.1) is 5.69 Å². The lowest BCUT2D eigenvalue weighted by atomic mass is 10.0. The quantitative estimate of drug-likeness (QED) is 0.728. The molecule has 0 saturated carbocycles. The molecule has 1 aliphatic carbocycles. The second kappa shape index (κ2) is 8.24. The van der Waals surface area contributed by atoms with Crippen LogP contribution in [0, 0.1) is 0 Å². The van der Waals surface area contributed by atoms with Crippen molar-refractivity contribution in [3.8, 4) is 0 Å². The largest absolute Gasteiger partial charge is 0.480 e. The SMILES string of the molecule is O=C(O)CN1C(=O)C(NC(=O)Nc2cccc3ccccc23)CC=C2CC=CC=C21. The summed E-state index contributed by atoms with van der Waals surface area (Å²) in [6, 6.07) is 11.9. The second-order valence-electron chi connectivity index (χ2n) is 7.15. The molecule has 0 bridgehead atoms. The van der Waals surface area contributed by atoms with E-state index in [4.69, 9.17) is 0 Å². The number of carboxylic acids is 1. The summed E-state index contributed by atoms with van der Waals surface area (Å²) >= 11 is 0. The fraction of sp³-hybridized carbons (Fsp3) is 0.174. The molecule has 3 N–H and O–H groups in total. The van der Waals surface area contributed by atoms with Gasteiger partial charge in [-0.1, -0.05) is 54.6 Å². The van der Waals surface area contributed by atoms with E-state index in [1.807, 2.05) is 48.6 Å². The van der Waals surface area contributed by atoms with Gasteiger partial charge in [-0.05, 0) is 35.9 Å². The topological polar surface area (TPSA) is 98.7 Å². The lowest BCUT2D eigenvalue weighted by Gasteiger charge is -2.27. The summed E-state index contributed by atoms with van der Waals surface area (Å²) in [7, 11) is 0. The summed E-state index contributed by atoms with van der Waals surface area (Å²) in [5, 5.41) is 16.7. The number of carbonyl (C=O) groups is 3. The highest BCUT2D eigenvalue weighted by Gasteiger charge is 2.33. The molecule has 1 heterocycles. The minimum atomic E-state index is -1.11. The van der Waals surface area contributed by atoms with Crippen molar-refractivity contribution in [3.63, 3.8) is 0 Å². The number of nitrogens with one attached hydrogen (secondary N) is 2. The summed E-state index contributed by atoms with van der Waals surface area (Å²) in [4.78, 5) is 38.3. The van der Waals surface area contributed by atoms with Crippen LogP contribution in [0.4, 0.5) is 10.5 Å². The van der Waals surface area contributed by atoms with E-state index in [1.165, 1.54) is 4.90 Å². The van der Waals surface area contributed by atoms with Crippen LogP contribution in [0.25, 0.3) is 10.8 Å². The molecule has 7 nitrogen and oxygen atoms in total. The highest BCUT2D eigenvalue weighted by atomic mass is 16.4. The van der Waals surface area contributed by atoms with Crippen molar-refractivity contribution >= 4 is 34.4 Å². The summed E-state index contributed by atoms with van der Waals surface area (Å²) in [6.07, 6.45) is 8.27. The molecule has 30 heavy (non-hydrogen) atoms. The Hall–Kier alpha value is -3.87. The molecule has 7 heteroatoms. The van der Waals surface area contributed by atoms with Crippen LogP contribution in [0.1, 0.15) is 12.8 Å². The van der Waals surface area contributed by atoms with Gasteiger partial charge in [0.15, 0.2) is 0 Å². The zero-order valence-electron chi connectivity index (χ0n) is 16.2. The maximum atomic E-state index is 13.1. The average Bonchev–Trinajstić information content (AvgIpc) is 2.86. The van der Waals surface area contributed by atoms with Gasteiger partial charge in [-0.15, -0.1) is 0 Å². The molecular weight excluding hydrogens is 382 g/mol. The summed E-state index contributed by atoms with van der Waals surface area (Å²) in [5.74, 6) is -1.56. The molecule has 4 rings (SSSR count). The Bertz CT molecular complexity index is 1110. The number of carboxylic acid groups (broad SMARTS) is 1. The Morgan fingerprint density at radius 1 is 1.13 bits per heavy atom. The smallest absolute Gasteiger partial charge is 0.323 e. The fourth-order valence-corrected chi connectivity index (χ4v) is 3.75. The first kappa shape index (κ1) is 19.4. The fourth-order valence-electron chi connectivity index (χ4n) is 3.75. The van der Waals surface area contributed by atoms with E-state index in [0.29, 0.717) is 24.2 Å². The van der Waals surface area contributed by atoms with Crippen molar-refractivity contribution < 1.29 is 19.5 Å². The molecule has 0 fully saturated rings. The Morgan fingerprint density at radius 3 is 2.77 bits per heavy atom. The number of rotatable bonds is 4. The van der Waals surface area contributed by atoms with E-state index < -0.39 is 30.5 Å². The molecule has 0 saturated heterocycles. The van der Waals surface area contributed by atoms with E-state index in [-0.39, 0.29) is 0 Å². The van der Waals surface area contributed by atoms with Gasteiger partial charge in [0.1, 0.15) is 12.6 Å². The molecule has 2 aromatic carbocycles. The van der Waals surface area contributed by atoms with Crippen molar-refractivity contribution in [2.45, 2.75) is 18.9 Å². The molecule has 1 atom stereocenters. The van der Waals surface area contributed by atoms with Crippen LogP contribution in [0.3, 0.4) is 0 Å². The molecular formula is C23H21N3O4. The molecule has 0 radical (unpaired) electrons. The molecule has 2 aliphatic rings. The van der Waals surface area contributed by atoms with Gasteiger partial charge in [0, 0.05) is 11.1 Å². The molecule has 0 aromatic heterocycles. The van der Waals surface area contributed by atoms with Crippen LogP contribution in [0.2, 0.25) is 0 Å². The van der Waals surface area contributed by atoms with Gasteiger partial charge in [0.2, 0.25) is 5.91 Å². The van der Waals surface area contributed by atoms with Gasteiger partial charge >= 0.3 is 12.0 Å². The number of benzene rings is 2. The molecule has 1 unspecified atom stereocenters. The minimum Gasteiger partial charge on any atom is -0.480 e. The normalized spacial score (nSPS) is 18.2. The number of fused-ring (bicyclic) bond motifs is 2. The average molecular weight is 403 g/mol. The summed E-state index contributed by atoms with van der Waals surface area (Å²) in [5.41, 5.74) is 2.09. The number of nitrogens with zero attached hydrogens (tertiary/aromatic N) is 1. The van der Waals surface area contributed by atoms with Crippen LogP contribution in [-0.2, 0) is 9.59 Å². The first-order valence-electron chi connectivity index (χ1n) is 9.67. The van der Waals surface area contributed by atoms with Gasteiger partial charge in [-0.2, -0.15) is 0 Å². The van der Waals surface area contributed by atoms with Crippen LogP contribution in [0.15, 0.2) is 78.0 Å². The zero-order chi connectivity index (χ0) is 21.1. The van der Waals surface area contributed by atoms with Gasteiger partial charge < -0.3 is 15.7 Å². The molecule has 1 aliphatic heterocycles. The minimum absolute atomic E-state index is 0.290. The molecule has 2 aromatic rings. The number of allylic oxidation sites excluding steroid dienone is 4. The maximum Gasteiger partial charge on any atom is 0.323 e. The number of urea groups is 1. The van der Waals surface area contributed by atoms with Crippen molar-refractivity contribution in [1.29, 1.82) is 0 Å². The van der Waals surface area contributed by atoms with Gasteiger partial charge in [-0.3, -0.25) is 14.5 Å². The number of anilines is 1. The highest BCUT2D eigenvalue weighted by Crippen LogP contribution is 2.28. The maximum absolute atomic E-state index is 13.1. The predicted molar refractivity (Wildman–Crippen MR) is 114 cm³/mol. The van der Waals surface area contributed by atoms with Crippen LogP contribution >= 0.6 is 0 Å². The van der Waals surface area contributed by atoms with E-state index in [2.05, 4.69) is 10.6 Å². The van der Waals surface area contributed by atoms with Crippen LogP contribution < -0.4 is 10.6 Å². The van der Waals surface area contributed by atoms with Crippen molar-refractivity contribution in [2.24, 2.45) is 0 Å². The van der Waals surface area contributed by atoms with Crippen LogP contribution in [0.5, 0.6) is 0 Å². The first-order valence-corrected chi connectivity index (χ1v) is 9.67. The van der Waals surface area contributed by atoms with Crippen molar-refractivity contribution in [2.75, 3.05) is 11.9 Å². The van der Waals surface area contributed by atoms with E-state index in [9.17, 15) is 19.5 Å². The third-order valence-corrected chi connectivity index (χ3v) is 5.15. The van der Waals surface area contributed by atoms with Crippen molar-refractivity contribution in [1.82, 2.24) is 10.2 Å². The lowest BCUT2D eigenvalue weighted by Crippen LogP contribution is -2.49. The summed E-state index contributed by atoms with van der Waals surface area (Å²) in [6.45, 7) is -0.459. The van der Waals surface area contributed by atoms with Gasteiger partial charge in [-0.25, -0.2) is 4.79 Å². The number of hydrogen-bond donors (Lipinski definition) is 3. The van der Waals surface area contributed by atoms with E-state index in [1.54, 1.807) is 18.2 Å². The predicted octanol–water partition coefficient (Wildman–Crippen LogP) is 3.42. The van der Waals surface area contributed by atoms with Crippen LogP contribution in [-0.4, -0.2) is 40.5 Å². The lowest BCUT2D eigenvalue weighted by molar-refractivity contribution is -0.143. The number of hydrogen-bond acceptors (Lipinski definition) is 3. The Balaban J connectivity index is 1.54. The third-order valence-electron chi connectivity index (χ3n) is 5.15. The Morgan fingerprint density at radius 2 is 1.93 bits per heavy atom. The van der Waals surface area contributed by atoms with Gasteiger partial charge in [0.25, 0.3) is 0 Å². The first-order chi connectivity index (χ1) is 14.5. The number of amides is 3. The van der Waals surface area contributed by atoms with E-state index >= 15 is 0 Å². The number of carbonyl (C=O) groups excluding carboxylic acids is 2. The Kier molecular flexibility index (Phi) is 5.34.